The summed E-state index contributed by atoms with van der Waals surface area (Å²) in [5.41, 5.74) is 6.92. The normalized spacial score (nSPS) is 11.7. The highest BCUT2D eigenvalue weighted by Gasteiger charge is 2.21. The summed E-state index contributed by atoms with van der Waals surface area (Å²) < 4.78 is 4.71. The molecule has 178 valence electrons. The van der Waals surface area contributed by atoms with E-state index in [-0.39, 0.29) is 0 Å². The minimum absolute atomic E-state index is 0.640. The first-order valence-electron chi connectivity index (χ1n) is 12.5. The first-order valence-corrected chi connectivity index (χ1v) is 13.4. The first kappa shape index (κ1) is 21.2. The number of fused-ring (bicyclic) bond motifs is 7. The zero-order chi connectivity index (χ0) is 25.1. The third-order valence-electron chi connectivity index (χ3n) is 7.08. The number of thiophene rings is 1. The number of nitrogens with zero attached hydrogens (tertiary/aromatic N) is 4. The molecule has 8 aromatic rings. The van der Waals surface area contributed by atoms with Crippen LogP contribution in [0.2, 0.25) is 0 Å². The molecule has 8 rings (SSSR count). The van der Waals surface area contributed by atoms with Crippen LogP contribution in [0.25, 0.3) is 70.6 Å². The molecule has 0 N–H and O–H groups in total. The minimum Gasteiger partial charge on any atom is -0.276 e. The fraction of sp³-hybridized carbons (Fsp3) is 0. The first-order chi connectivity index (χ1) is 18.8. The van der Waals surface area contributed by atoms with Gasteiger partial charge in [-0.2, -0.15) is 0 Å². The molecule has 0 saturated heterocycles. The molecule has 0 aliphatic carbocycles. The molecule has 4 heterocycles. The van der Waals surface area contributed by atoms with Crippen molar-refractivity contribution in [3.63, 3.8) is 0 Å². The van der Waals surface area contributed by atoms with E-state index in [4.69, 9.17) is 15.0 Å². The van der Waals surface area contributed by atoms with Gasteiger partial charge in [-0.25, -0.2) is 9.97 Å². The summed E-state index contributed by atoms with van der Waals surface area (Å²) in [4.78, 5) is 15.2. The molecular weight excluding hydrogens is 484 g/mol. The van der Waals surface area contributed by atoms with Crippen molar-refractivity contribution in [3.8, 4) is 28.5 Å². The van der Waals surface area contributed by atoms with E-state index in [2.05, 4.69) is 77.4 Å². The van der Waals surface area contributed by atoms with Crippen LogP contribution in [-0.4, -0.2) is 19.5 Å². The van der Waals surface area contributed by atoms with Gasteiger partial charge in [-0.15, -0.1) is 11.3 Å². The average molecular weight is 505 g/mol. The SMILES string of the molecule is c1ccc(-c2cc(-c3ccccc3)nc(-n3c4cccnc4c4ccc5sc6ccccc6c5c43)n2)cc1. The zero-order valence-electron chi connectivity index (χ0n) is 20.2. The molecule has 0 saturated carbocycles. The molecule has 0 amide bonds. The Morgan fingerprint density at radius 2 is 1.26 bits per heavy atom. The monoisotopic (exact) mass is 504 g/mol. The molecule has 4 aromatic heterocycles. The van der Waals surface area contributed by atoms with Crippen LogP contribution in [0.1, 0.15) is 0 Å². The highest BCUT2D eigenvalue weighted by Crippen LogP contribution is 2.42. The lowest BCUT2D eigenvalue weighted by molar-refractivity contribution is 0.997. The van der Waals surface area contributed by atoms with E-state index >= 15 is 0 Å². The lowest BCUT2D eigenvalue weighted by Crippen LogP contribution is -2.04. The summed E-state index contributed by atoms with van der Waals surface area (Å²) in [5, 5.41) is 3.56. The Morgan fingerprint density at radius 1 is 0.579 bits per heavy atom. The van der Waals surface area contributed by atoms with Gasteiger partial charge in [-0.1, -0.05) is 78.9 Å². The summed E-state index contributed by atoms with van der Waals surface area (Å²) in [6, 6.07) is 39.8. The molecule has 0 aliphatic heterocycles. The zero-order valence-corrected chi connectivity index (χ0v) is 21.1. The molecule has 0 spiro atoms. The number of benzene rings is 4. The number of pyridine rings is 1. The summed E-state index contributed by atoms with van der Waals surface area (Å²) in [6.07, 6.45) is 1.86. The number of hydrogen-bond donors (Lipinski definition) is 0. The van der Waals surface area contributed by atoms with Gasteiger partial charge < -0.3 is 0 Å². The van der Waals surface area contributed by atoms with E-state index in [1.807, 2.05) is 60.0 Å². The Hall–Kier alpha value is -4.87. The number of rotatable bonds is 3. The van der Waals surface area contributed by atoms with E-state index in [0.29, 0.717) is 5.95 Å². The van der Waals surface area contributed by atoms with Crippen molar-refractivity contribution >= 4 is 53.4 Å². The molecule has 4 nitrogen and oxygen atoms in total. The molecule has 38 heavy (non-hydrogen) atoms. The number of hydrogen-bond acceptors (Lipinski definition) is 4. The Kier molecular flexibility index (Phi) is 4.66. The van der Waals surface area contributed by atoms with Crippen molar-refractivity contribution in [2.24, 2.45) is 0 Å². The van der Waals surface area contributed by atoms with Crippen LogP contribution < -0.4 is 0 Å². The Bertz CT molecular complexity index is 2070. The smallest absolute Gasteiger partial charge is 0.235 e. The maximum atomic E-state index is 5.17. The van der Waals surface area contributed by atoms with Crippen molar-refractivity contribution in [2.45, 2.75) is 0 Å². The number of aromatic nitrogens is 4. The lowest BCUT2D eigenvalue weighted by atomic mass is 10.1. The van der Waals surface area contributed by atoms with E-state index < -0.39 is 0 Å². The van der Waals surface area contributed by atoms with Crippen molar-refractivity contribution < 1.29 is 0 Å². The van der Waals surface area contributed by atoms with Crippen molar-refractivity contribution in [1.29, 1.82) is 0 Å². The van der Waals surface area contributed by atoms with E-state index in [9.17, 15) is 0 Å². The molecule has 5 heteroatoms. The topological polar surface area (TPSA) is 43.6 Å². The second kappa shape index (κ2) is 8.33. The van der Waals surface area contributed by atoms with Gasteiger partial charge in [0, 0.05) is 42.9 Å². The largest absolute Gasteiger partial charge is 0.276 e. The fourth-order valence-electron chi connectivity index (χ4n) is 5.38. The second-order valence-corrected chi connectivity index (χ2v) is 10.4. The van der Waals surface area contributed by atoms with Gasteiger partial charge in [0.15, 0.2) is 0 Å². The lowest BCUT2D eigenvalue weighted by Gasteiger charge is -2.12. The van der Waals surface area contributed by atoms with Gasteiger partial charge >= 0.3 is 0 Å². The van der Waals surface area contributed by atoms with Gasteiger partial charge in [0.05, 0.1) is 27.9 Å². The van der Waals surface area contributed by atoms with Crippen molar-refractivity contribution in [3.05, 3.63) is 121 Å². The van der Waals surface area contributed by atoms with Gasteiger partial charge in [-0.05, 0) is 36.4 Å². The van der Waals surface area contributed by atoms with E-state index in [1.54, 1.807) is 0 Å². The molecular formula is C33H20N4S. The van der Waals surface area contributed by atoms with Crippen molar-refractivity contribution in [2.75, 3.05) is 0 Å². The van der Waals surface area contributed by atoms with Crippen LogP contribution in [0, 0.1) is 0 Å². The standard InChI is InChI=1S/C33H20N4S/c1-3-10-21(11-4-1)25-20-26(22-12-5-2-6-13-22)36-33(35-25)37-27-15-9-19-34-31(27)24-17-18-29-30(32(24)37)23-14-7-8-16-28(23)38-29/h1-20H. The van der Waals surface area contributed by atoms with Crippen LogP contribution in [0.4, 0.5) is 0 Å². The molecule has 0 unspecified atom stereocenters. The van der Waals surface area contributed by atoms with Gasteiger partial charge in [0.25, 0.3) is 0 Å². The van der Waals surface area contributed by atoms with E-state index in [1.165, 1.54) is 20.2 Å². The summed E-state index contributed by atoms with van der Waals surface area (Å²) in [5.74, 6) is 0.640. The fourth-order valence-corrected chi connectivity index (χ4v) is 6.49. The van der Waals surface area contributed by atoms with Crippen LogP contribution in [0.15, 0.2) is 121 Å². The summed E-state index contributed by atoms with van der Waals surface area (Å²) in [7, 11) is 0. The van der Waals surface area contributed by atoms with Crippen LogP contribution in [0.3, 0.4) is 0 Å². The Morgan fingerprint density at radius 3 is 2.00 bits per heavy atom. The third kappa shape index (κ3) is 3.19. The summed E-state index contributed by atoms with van der Waals surface area (Å²) in [6.45, 7) is 0. The third-order valence-corrected chi connectivity index (χ3v) is 8.21. The van der Waals surface area contributed by atoms with E-state index in [0.717, 1.165) is 44.5 Å². The maximum Gasteiger partial charge on any atom is 0.235 e. The highest BCUT2D eigenvalue weighted by atomic mass is 32.1. The average Bonchev–Trinajstić information content (AvgIpc) is 3.53. The predicted octanol–water partition coefficient (Wildman–Crippen LogP) is 8.67. The molecule has 0 atom stereocenters. The molecule has 4 aromatic carbocycles. The minimum atomic E-state index is 0.640. The van der Waals surface area contributed by atoms with Crippen LogP contribution in [-0.2, 0) is 0 Å². The van der Waals surface area contributed by atoms with Crippen LogP contribution in [0.5, 0.6) is 0 Å². The quantitative estimate of drug-likeness (QED) is 0.242. The predicted molar refractivity (Wildman–Crippen MR) is 158 cm³/mol. The molecule has 0 fully saturated rings. The Labute approximate surface area is 222 Å². The highest BCUT2D eigenvalue weighted by molar-refractivity contribution is 7.26. The molecule has 0 radical (unpaired) electrons. The second-order valence-electron chi connectivity index (χ2n) is 9.31. The maximum absolute atomic E-state index is 5.17. The van der Waals surface area contributed by atoms with Gasteiger partial charge in [0.2, 0.25) is 5.95 Å². The van der Waals surface area contributed by atoms with Crippen LogP contribution >= 0.6 is 11.3 Å². The molecule has 0 aliphatic rings. The summed E-state index contributed by atoms with van der Waals surface area (Å²) >= 11 is 1.82. The van der Waals surface area contributed by atoms with Crippen molar-refractivity contribution in [1.82, 2.24) is 19.5 Å². The van der Waals surface area contributed by atoms with Gasteiger partial charge in [-0.3, -0.25) is 9.55 Å². The van der Waals surface area contributed by atoms with Gasteiger partial charge in [0.1, 0.15) is 0 Å². The molecule has 0 bridgehead atoms. The Balaban J connectivity index is 1.54.